The Morgan fingerprint density at radius 1 is 0.884 bits per heavy atom. The fourth-order valence-corrected chi connectivity index (χ4v) is 5.87. The lowest BCUT2D eigenvalue weighted by Crippen LogP contribution is -2.41. The van der Waals surface area contributed by atoms with E-state index in [1.807, 2.05) is 77.7 Å². The summed E-state index contributed by atoms with van der Waals surface area (Å²) < 4.78 is 0. The molecule has 1 aromatic heterocycles. The number of nitrogens with one attached hydrogen (secondary N) is 1. The maximum absolute atomic E-state index is 12.9. The van der Waals surface area contributed by atoms with Crippen LogP contribution >= 0.6 is 0 Å². The summed E-state index contributed by atoms with van der Waals surface area (Å²) in [5.74, 6) is 0.635. The fraction of sp³-hybridized carbons (Fsp3) is 0.286. The van der Waals surface area contributed by atoms with E-state index in [2.05, 4.69) is 27.3 Å². The zero-order valence-electron chi connectivity index (χ0n) is 24.5. The highest BCUT2D eigenvalue weighted by Gasteiger charge is 2.40. The van der Waals surface area contributed by atoms with Gasteiger partial charge in [-0.1, -0.05) is 66.7 Å². The predicted octanol–water partition coefficient (Wildman–Crippen LogP) is 5.22. The molecule has 6 rings (SSSR count). The van der Waals surface area contributed by atoms with Gasteiger partial charge in [-0.05, 0) is 78.6 Å². The molecule has 0 unspecified atom stereocenters. The maximum atomic E-state index is 12.9. The molecule has 2 aliphatic heterocycles. The Balaban J connectivity index is 0.000000351. The van der Waals surface area contributed by atoms with Crippen molar-refractivity contribution in [3.63, 3.8) is 0 Å². The van der Waals surface area contributed by atoms with E-state index in [1.54, 1.807) is 12.3 Å². The lowest BCUT2D eigenvalue weighted by molar-refractivity contribution is -0.117. The van der Waals surface area contributed by atoms with Crippen LogP contribution in [0.4, 0.5) is 17.2 Å². The molecule has 3 heterocycles. The Kier molecular flexibility index (Phi) is 9.69. The molecule has 222 valence electrons. The molecule has 4 aromatic rings. The SMILES string of the molecule is NCCc1ccccc1.Nc1ccc(-c2ccccc2)cc1NC(=O)c1ccc(N2CCC3(CCN(C=O)C3)CC2)nc1. The number of rotatable bonds is 7. The van der Waals surface area contributed by atoms with Crippen molar-refractivity contribution in [3.8, 4) is 11.1 Å². The summed E-state index contributed by atoms with van der Waals surface area (Å²) in [6, 6.07) is 29.6. The molecule has 2 aliphatic rings. The van der Waals surface area contributed by atoms with E-state index in [1.165, 1.54) is 5.56 Å². The number of nitrogens with zero attached hydrogens (tertiary/aromatic N) is 3. The van der Waals surface area contributed by atoms with Gasteiger partial charge in [-0.2, -0.15) is 0 Å². The number of piperidine rings is 1. The van der Waals surface area contributed by atoms with E-state index in [-0.39, 0.29) is 11.3 Å². The summed E-state index contributed by atoms with van der Waals surface area (Å²) in [6.45, 7) is 4.29. The standard InChI is InChI=1S/C27H29N5O2.C8H11N/c28-23-8-6-21(20-4-2-1-3-5-20)16-24(23)30-26(34)22-7-9-25(29-17-22)32-14-11-27(12-15-32)10-13-31(18-27)19-33;9-7-6-8-4-2-1-3-5-8/h1-9,16-17,19H,10-15,18,28H2,(H,30,34);1-5H,6-7,9H2. The van der Waals surface area contributed by atoms with Crippen molar-refractivity contribution in [3.05, 3.63) is 108 Å². The first-order chi connectivity index (χ1) is 21.0. The smallest absolute Gasteiger partial charge is 0.257 e. The number of amides is 2. The van der Waals surface area contributed by atoms with Gasteiger partial charge in [0.05, 0.1) is 16.9 Å². The van der Waals surface area contributed by atoms with E-state index in [9.17, 15) is 9.59 Å². The number of carbonyl (C=O) groups is 2. The molecule has 1 spiro atoms. The van der Waals surface area contributed by atoms with Crippen LogP contribution in [0, 0.1) is 5.41 Å². The maximum Gasteiger partial charge on any atom is 0.257 e. The first kappa shape index (κ1) is 29.8. The van der Waals surface area contributed by atoms with Gasteiger partial charge in [-0.3, -0.25) is 9.59 Å². The van der Waals surface area contributed by atoms with Gasteiger partial charge in [-0.25, -0.2) is 4.98 Å². The quantitative estimate of drug-likeness (QED) is 0.205. The molecule has 0 atom stereocenters. The number of benzene rings is 3. The van der Waals surface area contributed by atoms with Crippen LogP contribution in [0.3, 0.4) is 0 Å². The summed E-state index contributed by atoms with van der Waals surface area (Å²) in [5.41, 5.74) is 16.7. The van der Waals surface area contributed by atoms with Gasteiger partial charge < -0.3 is 26.6 Å². The van der Waals surface area contributed by atoms with Gasteiger partial charge in [0.15, 0.2) is 0 Å². The second-order valence-electron chi connectivity index (χ2n) is 11.4. The second kappa shape index (κ2) is 14.0. The number of anilines is 3. The van der Waals surface area contributed by atoms with Crippen LogP contribution in [0.5, 0.6) is 0 Å². The Labute approximate surface area is 253 Å². The minimum absolute atomic E-state index is 0.242. The first-order valence-electron chi connectivity index (χ1n) is 14.9. The molecular weight excluding hydrogens is 536 g/mol. The third-order valence-corrected chi connectivity index (χ3v) is 8.46. The highest BCUT2D eigenvalue weighted by Crippen LogP contribution is 2.40. The summed E-state index contributed by atoms with van der Waals surface area (Å²) in [6.07, 6.45) is 6.77. The van der Waals surface area contributed by atoms with Crippen molar-refractivity contribution in [2.24, 2.45) is 11.1 Å². The van der Waals surface area contributed by atoms with Crippen LogP contribution in [0.25, 0.3) is 11.1 Å². The first-order valence-corrected chi connectivity index (χ1v) is 14.9. The van der Waals surface area contributed by atoms with Gasteiger partial charge in [0.1, 0.15) is 5.82 Å². The lowest BCUT2D eigenvalue weighted by atomic mass is 9.78. The van der Waals surface area contributed by atoms with Crippen LogP contribution in [-0.4, -0.2) is 54.9 Å². The van der Waals surface area contributed by atoms with Crippen LogP contribution in [0.1, 0.15) is 35.2 Å². The highest BCUT2D eigenvalue weighted by molar-refractivity contribution is 6.06. The van der Waals surface area contributed by atoms with Crippen molar-refractivity contribution in [2.75, 3.05) is 48.7 Å². The number of likely N-dealkylation sites (tertiary alicyclic amines) is 1. The van der Waals surface area contributed by atoms with Gasteiger partial charge in [0.25, 0.3) is 5.91 Å². The number of nitrogens with two attached hydrogens (primary N) is 2. The van der Waals surface area contributed by atoms with E-state index >= 15 is 0 Å². The van der Waals surface area contributed by atoms with Crippen LogP contribution in [-0.2, 0) is 11.2 Å². The molecule has 0 aliphatic carbocycles. The molecule has 3 aromatic carbocycles. The van der Waals surface area contributed by atoms with Crippen molar-refractivity contribution >= 4 is 29.5 Å². The Morgan fingerprint density at radius 2 is 1.58 bits per heavy atom. The second-order valence-corrected chi connectivity index (χ2v) is 11.4. The summed E-state index contributed by atoms with van der Waals surface area (Å²) in [7, 11) is 0. The third-order valence-electron chi connectivity index (χ3n) is 8.46. The fourth-order valence-electron chi connectivity index (χ4n) is 5.87. The topological polar surface area (TPSA) is 118 Å². The van der Waals surface area contributed by atoms with E-state index in [0.717, 1.165) is 81.8 Å². The number of hydrogen-bond donors (Lipinski definition) is 3. The molecule has 2 fully saturated rings. The minimum atomic E-state index is -0.242. The van der Waals surface area contributed by atoms with E-state index in [4.69, 9.17) is 11.5 Å². The Morgan fingerprint density at radius 3 is 2.21 bits per heavy atom. The lowest BCUT2D eigenvalue weighted by Gasteiger charge is -2.39. The average molecular weight is 577 g/mol. The van der Waals surface area contributed by atoms with Gasteiger partial charge in [0, 0.05) is 32.4 Å². The molecule has 8 nitrogen and oxygen atoms in total. The minimum Gasteiger partial charge on any atom is -0.397 e. The molecular formula is C35H40N6O2. The Bertz CT molecular complexity index is 1490. The number of pyridine rings is 1. The molecule has 0 saturated carbocycles. The zero-order valence-corrected chi connectivity index (χ0v) is 24.5. The molecule has 0 bridgehead atoms. The number of nitrogen functional groups attached to an aromatic ring is 1. The molecule has 8 heteroatoms. The average Bonchev–Trinajstić information content (AvgIpc) is 3.46. The van der Waals surface area contributed by atoms with Crippen molar-refractivity contribution in [1.29, 1.82) is 0 Å². The summed E-state index contributed by atoms with van der Waals surface area (Å²) in [4.78, 5) is 32.7. The highest BCUT2D eigenvalue weighted by atomic mass is 16.1. The van der Waals surface area contributed by atoms with Gasteiger partial charge >= 0.3 is 0 Å². The van der Waals surface area contributed by atoms with E-state index < -0.39 is 0 Å². The molecule has 2 amide bonds. The molecule has 0 radical (unpaired) electrons. The number of hydrogen-bond acceptors (Lipinski definition) is 6. The number of aromatic nitrogens is 1. The van der Waals surface area contributed by atoms with Crippen molar-refractivity contribution in [2.45, 2.75) is 25.7 Å². The van der Waals surface area contributed by atoms with Crippen molar-refractivity contribution in [1.82, 2.24) is 9.88 Å². The van der Waals surface area contributed by atoms with Crippen molar-refractivity contribution < 1.29 is 9.59 Å². The van der Waals surface area contributed by atoms with E-state index in [0.29, 0.717) is 16.9 Å². The van der Waals surface area contributed by atoms with Crippen LogP contribution < -0.4 is 21.7 Å². The monoisotopic (exact) mass is 576 g/mol. The molecule has 5 N–H and O–H groups in total. The molecule has 43 heavy (non-hydrogen) atoms. The Hall–Kier alpha value is -4.69. The predicted molar refractivity (Wildman–Crippen MR) is 174 cm³/mol. The normalized spacial score (nSPS) is 15.5. The summed E-state index contributed by atoms with van der Waals surface area (Å²) in [5, 5.41) is 2.93. The summed E-state index contributed by atoms with van der Waals surface area (Å²) >= 11 is 0. The third kappa shape index (κ3) is 7.59. The van der Waals surface area contributed by atoms with Crippen LogP contribution in [0.15, 0.2) is 97.2 Å². The van der Waals surface area contributed by atoms with Crippen LogP contribution in [0.2, 0.25) is 0 Å². The van der Waals surface area contributed by atoms with Gasteiger partial charge in [-0.15, -0.1) is 0 Å². The zero-order chi connectivity index (χ0) is 30.1. The molecule has 2 saturated heterocycles. The van der Waals surface area contributed by atoms with Gasteiger partial charge in [0.2, 0.25) is 6.41 Å². The largest absolute Gasteiger partial charge is 0.397 e. The number of carbonyl (C=O) groups excluding carboxylic acids is 2.